The lowest BCUT2D eigenvalue weighted by Gasteiger charge is -2.34. The van der Waals surface area contributed by atoms with Gasteiger partial charge in [0.05, 0.1) is 19.3 Å². The summed E-state index contributed by atoms with van der Waals surface area (Å²) in [5, 5.41) is 11.8. The fraction of sp³-hybridized carbons (Fsp3) is 0.556. The van der Waals surface area contributed by atoms with Crippen LogP contribution in [0, 0.1) is 6.92 Å². The molecule has 1 atom stereocenters. The van der Waals surface area contributed by atoms with Crippen molar-refractivity contribution in [2.75, 3.05) is 45.2 Å². The minimum absolute atomic E-state index is 0.0465. The average molecular weight is 349 g/mol. The first-order valence-corrected chi connectivity index (χ1v) is 8.56. The van der Waals surface area contributed by atoms with Crippen molar-refractivity contribution in [2.24, 2.45) is 0 Å². The van der Waals surface area contributed by atoms with E-state index in [-0.39, 0.29) is 18.7 Å². The standard InChI is InChI=1S/C18H27N3O4/c1-4-14-5-6-15(9-13(14)2)19-18(24)21-7-8-25-16(11-21)10-20(3)12-17(22)23/h5-6,9,16H,4,7-8,10-12H2,1-3H3,(H,19,24)(H,22,23). The van der Waals surface area contributed by atoms with Gasteiger partial charge in [0.25, 0.3) is 0 Å². The molecule has 1 aliphatic heterocycles. The van der Waals surface area contributed by atoms with Gasteiger partial charge in [-0.2, -0.15) is 0 Å². The van der Waals surface area contributed by atoms with Gasteiger partial charge in [-0.3, -0.25) is 9.69 Å². The van der Waals surface area contributed by atoms with Crippen LogP contribution in [0.5, 0.6) is 0 Å². The van der Waals surface area contributed by atoms with Crippen molar-refractivity contribution in [1.29, 1.82) is 0 Å². The van der Waals surface area contributed by atoms with E-state index in [4.69, 9.17) is 9.84 Å². The van der Waals surface area contributed by atoms with Crippen LogP contribution in [0.3, 0.4) is 0 Å². The first-order valence-electron chi connectivity index (χ1n) is 8.56. The molecule has 0 radical (unpaired) electrons. The molecule has 1 saturated heterocycles. The number of anilines is 1. The van der Waals surface area contributed by atoms with Gasteiger partial charge in [-0.05, 0) is 43.7 Å². The van der Waals surface area contributed by atoms with Crippen LogP contribution in [0.4, 0.5) is 10.5 Å². The number of nitrogens with one attached hydrogen (secondary N) is 1. The van der Waals surface area contributed by atoms with E-state index in [0.717, 1.165) is 17.7 Å². The number of carboxylic acids is 1. The van der Waals surface area contributed by atoms with Crippen LogP contribution < -0.4 is 5.32 Å². The summed E-state index contributed by atoms with van der Waals surface area (Å²) in [6, 6.07) is 5.78. The zero-order chi connectivity index (χ0) is 18.4. The topological polar surface area (TPSA) is 82.1 Å². The molecule has 1 heterocycles. The van der Waals surface area contributed by atoms with Gasteiger partial charge in [0.1, 0.15) is 0 Å². The van der Waals surface area contributed by atoms with Crippen molar-refractivity contribution in [3.8, 4) is 0 Å². The number of amides is 2. The summed E-state index contributed by atoms with van der Waals surface area (Å²) in [7, 11) is 1.73. The molecule has 2 rings (SSSR count). The highest BCUT2D eigenvalue weighted by atomic mass is 16.5. The van der Waals surface area contributed by atoms with Crippen LogP contribution in [0.15, 0.2) is 18.2 Å². The van der Waals surface area contributed by atoms with E-state index in [1.807, 2.05) is 25.1 Å². The van der Waals surface area contributed by atoms with Crippen LogP contribution in [-0.4, -0.2) is 72.8 Å². The number of urea groups is 1. The molecule has 1 aliphatic rings. The summed E-state index contributed by atoms with van der Waals surface area (Å²) in [6.45, 7) is 5.99. The van der Waals surface area contributed by atoms with Crippen LogP contribution in [0.1, 0.15) is 18.1 Å². The number of rotatable bonds is 6. The molecule has 1 fully saturated rings. The number of likely N-dealkylation sites (N-methyl/N-ethyl adjacent to an activating group) is 1. The van der Waals surface area contributed by atoms with E-state index in [1.54, 1.807) is 16.8 Å². The maximum absolute atomic E-state index is 12.5. The molecule has 1 unspecified atom stereocenters. The highest BCUT2D eigenvalue weighted by Gasteiger charge is 2.25. The van der Waals surface area contributed by atoms with Crippen molar-refractivity contribution in [3.63, 3.8) is 0 Å². The second-order valence-electron chi connectivity index (χ2n) is 6.45. The number of carbonyl (C=O) groups is 2. The zero-order valence-electron chi connectivity index (χ0n) is 15.1. The molecule has 1 aromatic carbocycles. The van der Waals surface area contributed by atoms with E-state index < -0.39 is 5.97 Å². The van der Waals surface area contributed by atoms with E-state index in [1.165, 1.54) is 5.56 Å². The lowest BCUT2D eigenvalue weighted by Crippen LogP contribution is -2.50. The number of hydrogen-bond acceptors (Lipinski definition) is 4. The number of nitrogens with zero attached hydrogens (tertiary/aromatic N) is 2. The molecule has 138 valence electrons. The Morgan fingerprint density at radius 1 is 1.44 bits per heavy atom. The summed E-state index contributed by atoms with van der Waals surface area (Å²) in [5.74, 6) is -0.876. The Labute approximate surface area is 148 Å². The molecule has 2 amide bonds. The van der Waals surface area contributed by atoms with Gasteiger partial charge in [-0.15, -0.1) is 0 Å². The number of carbonyl (C=O) groups excluding carboxylic acids is 1. The fourth-order valence-corrected chi connectivity index (χ4v) is 3.03. The third kappa shape index (κ3) is 5.72. The number of aryl methyl sites for hydroxylation is 2. The second-order valence-corrected chi connectivity index (χ2v) is 6.45. The second kappa shape index (κ2) is 8.82. The van der Waals surface area contributed by atoms with Crippen molar-refractivity contribution in [3.05, 3.63) is 29.3 Å². The maximum Gasteiger partial charge on any atom is 0.322 e. The van der Waals surface area contributed by atoms with Crippen LogP contribution >= 0.6 is 0 Å². The molecule has 0 saturated carbocycles. The van der Waals surface area contributed by atoms with Crippen LogP contribution in [-0.2, 0) is 16.0 Å². The average Bonchev–Trinajstić information content (AvgIpc) is 2.54. The number of benzene rings is 1. The fourth-order valence-electron chi connectivity index (χ4n) is 3.03. The number of hydrogen-bond donors (Lipinski definition) is 2. The van der Waals surface area contributed by atoms with E-state index in [2.05, 4.69) is 12.2 Å². The van der Waals surface area contributed by atoms with Gasteiger partial charge < -0.3 is 20.1 Å². The molecular weight excluding hydrogens is 322 g/mol. The third-order valence-corrected chi connectivity index (χ3v) is 4.32. The Hall–Kier alpha value is -2.12. The molecule has 0 aromatic heterocycles. The molecule has 7 nitrogen and oxygen atoms in total. The SMILES string of the molecule is CCc1ccc(NC(=O)N2CCOC(CN(C)CC(=O)O)C2)cc1C. The first-order chi connectivity index (χ1) is 11.9. The lowest BCUT2D eigenvalue weighted by molar-refractivity contribution is -0.138. The molecular formula is C18H27N3O4. The van der Waals surface area contributed by atoms with Crippen molar-refractivity contribution in [1.82, 2.24) is 9.80 Å². The minimum Gasteiger partial charge on any atom is -0.480 e. The largest absolute Gasteiger partial charge is 0.480 e. The Bertz CT molecular complexity index is 620. The van der Waals surface area contributed by atoms with E-state index in [0.29, 0.717) is 26.2 Å². The Morgan fingerprint density at radius 2 is 2.20 bits per heavy atom. The summed E-state index contributed by atoms with van der Waals surface area (Å²) < 4.78 is 5.65. The summed E-state index contributed by atoms with van der Waals surface area (Å²) in [4.78, 5) is 26.6. The lowest BCUT2D eigenvalue weighted by atomic mass is 10.1. The van der Waals surface area contributed by atoms with Gasteiger partial charge in [0.2, 0.25) is 0 Å². The van der Waals surface area contributed by atoms with Gasteiger partial charge in [-0.1, -0.05) is 13.0 Å². The quantitative estimate of drug-likeness (QED) is 0.818. The summed E-state index contributed by atoms with van der Waals surface area (Å²) >= 11 is 0. The summed E-state index contributed by atoms with van der Waals surface area (Å²) in [6.07, 6.45) is 0.780. The van der Waals surface area contributed by atoms with E-state index >= 15 is 0 Å². The molecule has 25 heavy (non-hydrogen) atoms. The van der Waals surface area contributed by atoms with E-state index in [9.17, 15) is 9.59 Å². The molecule has 0 aliphatic carbocycles. The summed E-state index contributed by atoms with van der Waals surface area (Å²) in [5.41, 5.74) is 3.21. The Kier molecular flexibility index (Phi) is 6.78. The maximum atomic E-state index is 12.5. The molecule has 0 spiro atoms. The molecule has 1 aromatic rings. The van der Waals surface area contributed by atoms with Crippen molar-refractivity contribution < 1.29 is 19.4 Å². The van der Waals surface area contributed by atoms with Gasteiger partial charge in [0, 0.05) is 25.3 Å². The normalized spacial score (nSPS) is 17.6. The van der Waals surface area contributed by atoms with Crippen molar-refractivity contribution >= 4 is 17.7 Å². The Balaban J connectivity index is 1.90. The highest BCUT2D eigenvalue weighted by Crippen LogP contribution is 2.17. The third-order valence-electron chi connectivity index (χ3n) is 4.32. The predicted octanol–water partition coefficient (Wildman–Crippen LogP) is 1.81. The molecule has 7 heteroatoms. The van der Waals surface area contributed by atoms with Gasteiger partial charge in [-0.25, -0.2) is 4.79 Å². The Morgan fingerprint density at radius 3 is 2.84 bits per heavy atom. The first kappa shape index (κ1) is 19.2. The number of carboxylic acid groups (broad SMARTS) is 1. The van der Waals surface area contributed by atoms with Crippen LogP contribution in [0.2, 0.25) is 0 Å². The zero-order valence-corrected chi connectivity index (χ0v) is 15.1. The van der Waals surface area contributed by atoms with Gasteiger partial charge >= 0.3 is 12.0 Å². The minimum atomic E-state index is -0.876. The molecule has 0 bridgehead atoms. The monoisotopic (exact) mass is 349 g/mol. The van der Waals surface area contributed by atoms with Crippen molar-refractivity contribution in [2.45, 2.75) is 26.4 Å². The smallest absolute Gasteiger partial charge is 0.322 e. The van der Waals surface area contributed by atoms with Crippen LogP contribution in [0.25, 0.3) is 0 Å². The number of aliphatic carboxylic acids is 1. The molecule has 2 N–H and O–H groups in total. The number of morpholine rings is 1. The predicted molar refractivity (Wildman–Crippen MR) is 96.0 cm³/mol. The number of ether oxygens (including phenoxy) is 1. The highest BCUT2D eigenvalue weighted by molar-refractivity contribution is 5.89. The van der Waals surface area contributed by atoms with Gasteiger partial charge in [0.15, 0.2) is 0 Å².